The van der Waals surface area contributed by atoms with Gasteiger partial charge in [0.2, 0.25) is 0 Å². The Morgan fingerprint density at radius 2 is 1.94 bits per heavy atom. The zero-order valence-electron chi connectivity index (χ0n) is 10.5. The minimum atomic E-state index is -0.369. The van der Waals surface area contributed by atoms with Gasteiger partial charge in [-0.05, 0) is 17.7 Å². The average Bonchev–Trinajstić information content (AvgIpc) is 2.91. The number of aliphatic hydroxyl groups is 1. The van der Waals surface area contributed by atoms with Gasteiger partial charge in [0.1, 0.15) is 0 Å². The Balaban J connectivity index is 1.88. The molecule has 1 unspecified atom stereocenters. The molecule has 0 spiro atoms. The molecule has 1 saturated carbocycles. The highest BCUT2D eigenvalue weighted by atomic mass is 16.3. The molecule has 2 aromatic rings. The van der Waals surface area contributed by atoms with E-state index >= 15 is 0 Å². The molecule has 1 fully saturated rings. The second-order valence-electron chi connectivity index (χ2n) is 5.35. The summed E-state index contributed by atoms with van der Waals surface area (Å²) in [5, 5.41) is 12.7. The van der Waals surface area contributed by atoms with Crippen molar-refractivity contribution >= 4 is 10.8 Å². The van der Waals surface area contributed by atoms with Crippen molar-refractivity contribution in [2.24, 2.45) is 5.92 Å². The van der Waals surface area contributed by atoms with Gasteiger partial charge in [-0.2, -0.15) is 0 Å². The molecule has 2 heteroatoms. The van der Waals surface area contributed by atoms with Crippen LogP contribution in [0.5, 0.6) is 0 Å². The summed E-state index contributed by atoms with van der Waals surface area (Å²) >= 11 is 0. The number of fused-ring (bicyclic) bond motifs is 1. The largest absolute Gasteiger partial charge is 0.388 e. The van der Waals surface area contributed by atoms with Gasteiger partial charge >= 0.3 is 0 Å². The van der Waals surface area contributed by atoms with Crippen LogP contribution in [0.25, 0.3) is 10.8 Å². The summed E-state index contributed by atoms with van der Waals surface area (Å²) in [6.45, 7) is 0. The van der Waals surface area contributed by atoms with Crippen LogP contribution in [0.15, 0.2) is 36.7 Å². The first-order valence-electron chi connectivity index (χ1n) is 6.85. The number of hydrogen-bond acceptors (Lipinski definition) is 2. The molecule has 0 radical (unpaired) electrons. The van der Waals surface area contributed by atoms with E-state index in [1.165, 1.54) is 25.7 Å². The lowest BCUT2D eigenvalue weighted by Crippen LogP contribution is -2.05. The Bertz CT molecular complexity index is 526. The van der Waals surface area contributed by atoms with Crippen molar-refractivity contribution in [3.8, 4) is 0 Å². The monoisotopic (exact) mass is 241 g/mol. The van der Waals surface area contributed by atoms with Gasteiger partial charge in [-0.15, -0.1) is 0 Å². The van der Waals surface area contributed by atoms with Crippen LogP contribution >= 0.6 is 0 Å². The Kier molecular flexibility index (Phi) is 3.28. The summed E-state index contributed by atoms with van der Waals surface area (Å²) in [7, 11) is 0. The molecule has 1 aliphatic carbocycles. The maximum absolute atomic E-state index is 10.4. The van der Waals surface area contributed by atoms with Gasteiger partial charge in [0.15, 0.2) is 0 Å². The molecule has 1 aromatic heterocycles. The third kappa shape index (κ3) is 2.25. The standard InChI is InChI=1S/C16H19NO/c18-16(9-12-5-1-2-6-12)15-11-17-10-13-7-3-4-8-14(13)15/h3-4,7-8,10-12,16,18H,1-2,5-6,9H2. The van der Waals surface area contributed by atoms with Crippen LogP contribution in [-0.2, 0) is 0 Å². The quantitative estimate of drug-likeness (QED) is 0.885. The number of pyridine rings is 1. The second kappa shape index (κ2) is 5.07. The van der Waals surface area contributed by atoms with Crippen molar-refractivity contribution in [2.75, 3.05) is 0 Å². The van der Waals surface area contributed by atoms with E-state index in [4.69, 9.17) is 0 Å². The van der Waals surface area contributed by atoms with Crippen molar-refractivity contribution < 1.29 is 5.11 Å². The Morgan fingerprint density at radius 1 is 1.17 bits per heavy atom. The van der Waals surface area contributed by atoms with Crippen molar-refractivity contribution in [1.82, 2.24) is 4.98 Å². The molecular formula is C16H19NO. The molecule has 0 aliphatic heterocycles. The number of benzene rings is 1. The highest BCUT2D eigenvalue weighted by molar-refractivity contribution is 5.84. The van der Waals surface area contributed by atoms with Gasteiger partial charge < -0.3 is 5.11 Å². The van der Waals surface area contributed by atoms with Crippen molar-refractivity contribution in [1.29, 1.82) is 0 Å². The van der Waals surface area contributed by atoms with E-state index in [9.17, 15) is 5.11 Å². The fraction of sp³-hybridized carbons (Fsp3) is 0.438. The highest BCUT2D eigenvalue weighted by Gasteiger charge is 2.20. The van der Waals surface area contributed by atoms with Gasteiger partial charge in [0.25, 0.3) is 0 Å². The number of aromatic nitrogens is 1. The molecule has 1 aliphatic rings. The molecule has 3 rings (SSSR count). The maximum atomic E-state index is 10.4. The molecule has 0 amide bonds. The summed E-state index contributed by atoms with van der Waals surface area (Å²) in [5.74, 6) is 0.693. The molecule has 1 atom stereocenters. The van der Waals surface area contributed by atoms with Crippen LogP contribution in [0.2, 0.25) is 0 Å². The highest BCUT2D eigenvalue weighted by Crippen LogP contribution is 2.34. The number of hydrogen-bond donors (Lipinski definition) is 1. The molecule has 0 saturated heterocycles. The zero-order chi connectivity index (χ0) is 12.4. The third-order valence-electron chi connectivity index (χ3n) is 4.09. The van der Waals surface area contributed by atoms with Crippen LogP contribution in [0.4, 0.5) is 0 Å². The lowest BCUT2D eigenvalue weighted by Gasteiger charge is -2.17. The molecule has 18 heavy (non-hydrogen) atoms. The lowest BCUT2D eigenvalue weighted by molar-refractivity contribution is 0.146. The summed E-state index contributed by atoms with van der Waals surface area (Å²) in [6, 6.07) is 8.16. The van der Waals surface area contributed by atoms with E-state index in [2.05, 4.69) is 11.1 Å². The van der Waals surface area contributed by atoms with E-state index < -0.39 is 0 Å². The van der Waals surface area contributed by atoms with Crippen LogP contribution in [-0.4, -0.2) is 10.1 Å². The van der Waals surface area contributed by atoms with Gasteiger partial charge in [0, 0.05) is 23.3 Å². The lowest BCUT2D eigenvalue weighted by atomic mass is 9.94. The van der Waals surface area contributed by atoms with Crippen LogP contribution < -0.4 is 0 Å². The summed E-state index contributed by atoms with van der Waals surface area (Å²) in [5.41, 5.74) is 0.986. The van der Waals surface area contributed by atoms with Gasteiger partial charge in [-0.1, -0.05) is 49.9 Å². The van der Waals surface area contributed by atoms with E-state index in [-0.39, 0.29) is 6.10 Å². The SMILES string of the molecule is OC(CC1CCCC1)c1cncc2ccccc12. The minimum absolute atomic E-state index is 0.369. The fourth-order valence-electron chi connectivity index (χ4n) is 3.09. The molecule has 0 bridgehead atoms. The summed E-state index contributed by atoms with van der Waals surface area (Å²) in [6.07, 6.45) is 9.39. The molecule has 1 aromatic carbocycles. The third-order valence-corrected chi connectivity index (χ3v) is 4.09. The zero-order valence-corrected chi connectivity index (χ0v) is 10.5. The maximum Gasteiger partial charge on any atom is 0.0813 e. The van der Waals surface area contributed by atoms with Crippen molar-refractivity contribution in [3.63, 3.8) is 0 Å². The van der Waals surface area contributed by atoms with Gasteiger partial charge in [-0.25, -0.2) is 0 Å². The van der Waals surface area contributed by atoms with Crippen LogP contribution in [0.3, 0.4) is 0 Å². The molecule has 94 valence electrons. The number of aliphatic hydroxyl groups excluding tert-OH is 1. The van der Waals surface area contributed by atoms with E-state index in [0.29, 0.717) is 5.92 Å². The Hall–Kier alpha value is -1.41. The van der Waals surface area contributed by atoms with Gasteiger partial charge in [-0.3, -0.25) is 4.98 Å². The molecule has 1 heterocycles. The van der Waals surface area contributed by atoms with Gasteiger partial charge in [0.05, 0.1) is 6.10 Å². The van der Waals surface area contributed by atoms with E-state index in [1.807, 2.05) is 30.6 Å². The molecule has 1 N–H and O–H groups in total. The average molecular weight is 241 g/mol. The summed E-state index contributed by atoms with van der Waals surface area (Å²) in [4.78, 5) is 4.25. The topological polar surface area (TPSA) is 33.1 Å². The molecule has 2 nitrogen and oxygen atoms in total. The molecular weight excluding hydrogens is 222 g/mol. The Morgan fingerprint density at radius 3 is 2.78 bits per heavy atom. The summed E-state index contributed by atoms with van der Waals surface area (Å²) < 4.78 is 0. The van der Waals surface area contributed by atoms with E-state index in [0.717, 1.165) is 22.8 Å². The van der Waals surface area contributed by atoms with Crippen molar-refractivity contribution in [3.05, 3.63) is 42.2 Å². The van der Waals surface area contributed by atoms with Crippen LogP contribution in [0, 0.1) is 5.92 Å². The minimum Gasteiger partial charge on any atom is -0.388 e. The predicted molar refractivity (Wildman–Crippen MR) is 73.3 cm³/mol. The van der Waals surface area contributed by atoms with E-state index in [1.54, 1.807) is 0 Å². The fourth-order valence-corrected chi connectivity index (χ4v) is 3.09. The first kappa shape index (κ1) is 11.7. The van der Waals surface area contributed by atoms with Crippen molar-refractivity contribution in [2.45, 2.75) is 38.2 Å². The van der Waals surface area contributed by atoms with Crippen LogP contribution in [0.1, 0.15) is 43.8 Å². The first-order chi connectivity index (χ1) is 8.84. The smallest absolute Gasteiger partial charge is 0.0813 e. The number of rotatable bonds is 3. The second-order valence-corrected chi connectivity index (χ2v) is 5.35. The Labute approximate surface area is 108 Å². The normalized spacial score (nSPS) is 18.3. The predicted octanol–water partition coefficient (Wildman–Crippen LogP) is 3.85. The number of nitrogens with zero attached hydrogens (tertiary/aromatic N) is 1. The first-order valence-corrected chi connectivity index (χ1v) is 6.85.